The van der Waals surface area contributed by atoms with Crippen molar-refractivity contribution < 1.29 is 5.11 Å². The molecule has 1 aliphatic rings. The Morgan fingerprint density at radius 3 is 2.77 bits per heavy atom. The smallest absolute Gasteiger partial charge is 0.0434 e. The Hall–Kier alpha value is -0.120. The van der Waals surface area contributed by atoms with Crippen molar-refractivity contribution in [2.75, 3.05) is 19.7 Å². The van der Waals surface area contributed by atoms with Crippen molar-refractivity contribution >= 4 is 0 Å². The van der Waals surface area contributed by atoms with E-state index in [2.05, 4.69) is 24.5 Å². The van der Waals surface area contributed by atoms with Crippen LogP contribution in [0, 0.1) is 5.92 Å². The summed E-state index contributed by atoms with van der Waals surface area (Å²) in [6, 6.07) is 1.10. The highest BCUT2D eigenvalue weighted by atomic mass is 16.3. The lowest BCUT2D eigenvalue weighted by molar-refractivity contribution is 0.202. The molecule has 1 heterocycles. The molecule has 0 aromatic rings. The highest BCUT2D eigenvalue weighted by Gasteiger charge is 2.23. The van der Waals surface area contributed by atoms with Crippen LogP contribution in [-0.2, 0) is 0 Å². The van der Waals surface area contributed by atoms with E-state index in [4.69, 9.17) is 5.11 Å². The lowest BCUT2D eigenvalue weighted by Crippen LogP contribution is -2.56. The number of nitrogens with one attached hydrogen (secondary N) is 2. The molecule has 0 aromatic carbocycles. The summed E-state index contributed by atoms with van der Waals surface area (Å²) in [4.78, 5) is 0. The average Bonchev–Trinajstić information content (AvgIpc) is 2.14. The number of hydrogen-bond acceptors (Lipinski definition) is 3. The molecule has 1 saturated heterocycles. The zero-order valence-electron chi connectivity index (χ0n) is 8.71. The molecule has 0 aromatic heterocycles. The summed E-state index contributed by atoms with van der Waals surface area (Å²) in [5.41, 5.74) is 0. The van der Waals surface area contributed by atoms with Crippen LogP contribution in [0.4, 0.5) is 0 Å². The molecule has 0 radical (unpaired) electrons. The molecule has 3 unspecified atom stereocenters. The Labute approximate surface area is 80.9 Å². The molecule has 0 amide bonds. The minimum atomic E-state index is 0.311. The van der Waals surface area contributed by atoms with Gasteiger partial charge >= 0.3 is 0 Å². The average molecular weight is 186 g/mol. The van der Waals surface area contributed by atoms with E-state index in [1.54, 1.807) is 0 Å². The van der Waals surface area contributed by atoms with Gasteiger partial charge < -0.3 is 15.7 Å². The third kappa shape index (κ3) is 3.25. The molecule has 3 heteroatoms. The molecule has 1 fully saturated rings. The largest absolute Gasteiger partial charge is 0.396 e. The molecule has 0 spiro atoms. The number of hydrogen-bond donors (Lipinski definition) is 3. The quantitative estimate of drug-likeness (QED) is 0.593. The normalized spacial score (nSPS) is 31.6. The number of rotatable bonds is 4. The Morgan fingerprint density at radius 2 is 2.23 bits per heavy atom. The van der Waals surface area contributed by atoms with Gasteiger partial charge in [-0.1, -0.05) is 13.3 Å². The second-order valence-corrected chi connectivity index (χ2v) is 4.01. The van der Waals surface area contributed by atoms with Gasteiger partial charge in [0.1, 0.15) is 0 Å². The molecule has 78 valence electrons. The van der Waals surface area contributed by atoms with Crippen LogP contribution in [0.25, 0.3) is 0 Å². The van der Waals surface area contributed by atoms with E-state index in [1.165, 1.54) is 0 Å². The molecule has 1 aliphatic heterocycles. The van der Waals surface area contributed by atoms with Gasteiger partial charge in [-0.25, -0.2) is 0 Å². The summed E-state index contributed by atoms with van der Waals surface area (Å²) in [5.74, 6) is 0.611. The van der Waals surface area contributed by atoms with Crippen molar-refractivity contribution in [2.45, 2.75) is 38.8 Å². The van der Waals surface area contributed by atoms with Gasteiger partial charge in [-0.15, -0.1) is 0 Å². The van der Waals surface area contributed by atoms with Gasteiger partial charge in [-0.2, -0.15) is 0 Å². The van der Waals surface area contributed by atoms with Crippen LogP contribution in [0.1, 0.15) is 26.7 Å². The second kappa shape index (κ2) is 5.58. The second-order valence-electron chi connectivity index (χ2n) is 4.01. The minimum Gasteiger partial charge on any atom is -0.396 e. The molecule has 3 N–H and O–H groups in total. The summed E-state index contributed by atoms with van der Waals surface area (Å²) >= 11 is 0. The van der Waals surface area contributed by atoms with Gasteiger partial charge in [0.25, 0.3) is 0 Å². The van der Waals surface area contributed by atoms with E-state index in [-0.39, 0.29) is 0 Å². The van der Waals surface area contributed by atoms with E-state index in [0.29, 0.717) is 24.6 Å². The molecule has 3 atom stereocenters. The third-order valence-electron chi connectivity index (χ3n) is 2.91. The molecule has 0 saturated carbocycles. The maximum Gasteiger partial charge on any atom is 0.0434 e. The van der Waals surface area contributed by atoms with Crippen molar-refractivity contribution in [2.24, 2.45) is 5.92 Å². The van der Waals surface area contributed by atoms with E-state index in [9.17, 15) is 0 Å². The van der Waals surface area contributed by atoms with Crippen LogP contribution < -0.4 is 10.6 Å². The summed E-state index contributed by atoms with van der Waals surface area (Å²) < 4.78 is 0. The molecule has 1 rings (SSSR count). The number of aliphatic hydroxyl groups excluding tert-OH is 1. The first kappa shape index (κ1) is 11.0. The number of aliphatic hydroxyl groups is 1. The van der Waals surface area contributed by atoms with Crippen LogP contribution >= 0.6 is 0 Å². The Bertz CT molecular complexity index is 141. The predicted octanol–water partition coefficient (Wildman–Crippen LogP) is 0.345. The molecule has 13 heavy (non-hydrogen) atoms. The van der Waals surface area contributed by atoms with E-state index < -0.39 is 0 Å². The van der Waals surface area contributed by atoms with Crippen LogP contribution in [0.2, 0.25) is 0 Å². The van der Waals surface area contributed by atoms with Crippen molar-refractivity contribution in [3.05, 3.63) is 0 Å². The lowest BCUT2D eigenvalue weighted by Gasteiger charge is -2.34. The number of piperazine rings is 1. The maximum atomic E-state index is 8.92. The summed E-state index contributed by atoms with van der Waals surface area (Å²) in [7, 11) is 0. The minimum absolute atomic E-state index is 0.311. The van der Waals surface area contributed by atoms with Gasteiger partial charge in [-0.3, -0.25) is 0 Å². The highest BCUT2D eigenvalue weighted by molar-refractivity contribution is 4.85. The first-order chi connectivity index (χ1) is 6.27. The van der Waals surface area contributed by atoms with Crippen LogP contribution in [0.15, 0.2) is 0 Å². The van der Waals surface area contributed by atoms with E-state index >= 15 is 0 Å². The maximum absolute atomic E-state index is 8.92. The van der Waals surface area contributed by atoms with Gasteiger partial charge in [0, 0.05) is 31.8 Å². The topological polar surface area (TPSA) is 44.3 Å². The fourth-order valence-electron chi connectivity index (χ4n) is 2.10. The van der Waals surface area contributed by atoms with Gasteiger partial charge in [0.2, 0.25) is 0 Å². The van der Waals surface area contributed by atoms with Gasteiger partial charge in [-0.05, 0) is 19.3 Å². The standard InChI is InChI=1S/C10H22N2O/c1-3-9(4-5-13)10-7-11-6-8(2)12-10/h8-13H,3-7H2,1-2H3. The Kier molecular flexibility index (Phi) is 4.70. The van der Waals surface area contributed by atoms with Crippen molar-refractivity contribution in [3.63, 3.8) is 0 Å². The van der Waals surface area contributed by atoms with Crippen molar-refractivity contribution in [1.29, 1.82) is 0 Å². The first-order valence-electron chi connectivity index (χ1n) is 5.35. The van der Waals surface area contributed by atoms with Crippen LogP contribution in [-0.4, -0.2) is 36.9 Å². The monoisotopic (exact) mass is 186 g/mol. The molecule has 3 nitrogen and oxygen atoms in total. The molecular formula is C10H22N2O. The van der Waals surface area contributed by atoms with E-state index in [0.717, 1.165) is 25.9 Å². The summed E-state index contributed by atoms with van der Waals surface area (Å²) in [5, 5.41) is 15.9. The SMILES string of the molecule is CCC(CCO)C1CNCC(C)N1. The highest BCUT2D eigenvalue weighted by Crippen LogP contribution is 2.14. The predicted molar refractivity (Wildman–Crippen MR) is 54.7 cm³/mol. The molecule has 0 bridgehead atoms. The fourth-order valence-corrected chi connectivity index (χ4v) is 2.10. The Morgan fingerprint density at radius 1 is 1.46 bits per heavy atom. The Balaban J connectivity index is 2.37. The van der Waals surface area contributed by atoms with Crippen molar-refractivity contribution in [3.8, 4) is 0 Å². The zero-order chi connectivity index (χ0) is 9.68. The van der Waals surface area contributed by atoms with E-state index in [1.807, 2.05) is 0 Å². The van der Waals surface area contributed by atoms with Crippen molar-refractivity contribution in [1.82, 2.24) is 10.6 Å². The van der Waals surface area contributed by atoms with Crippen LogP contribution in [0.3, 0.4) is 0 Å². The molecule has 0 aliphatic carbocycles. The first-order valence-corrected chi connectivity index (χ1v) is 5.35. The molecular weight excluding hydrogens is 164 g/mol. The zero-order valence-corrected chi connectivity index (χ0v) is 8.71. The summed E-state index contributed by atoms with van der Waals surface area (Å²) in [6.45, 7) is 6.81. The third-order valence-corrected chi connectivity index (χ3v) is 2.91. The fraction of sp³-hybridized carbons (Fsp3) is 1.00. The van der Waals surface area contributed by atoms with Crippen LogP contribution in [0.5, 0.6) is 0 Å². The summed E-state index contributed by atoms with van der Waals surface area (Å²) in [6.07, 6.45) is 2.06. The van der Waals surface area contributed by atoms with Gasteiger partial charge in [0.15, 0.2) is 0 Å². The van der Waals surface area contributed by atoms with Gasteiger partial charge in [0.05, 0.1) is 0 Å². The lowest BCUT2D eigenvalue weighted by atomic mass is 9.92.